The summed E-state index contributed by atoms with van der Waals surface area (Å²) in [7, 11) is 0. The predicted molar refractivity (Wildman–Crippen MR) is 67.9 cm³/mol. The smallest absolute Gasteiger partial charge is 0.295 e. The number of aryl methyl sites for hydroxylation is 1. The van der Waals surface area contributed by atoms with Gasteiger partial charge in [-0.15, -0.1) is 5.10 Å². The maximum absolute atomic E-state index is 11.8. The first-order valence-electron chi connectivity index (χ1n) is 5.00. The Morgan fingerprint density at radius 1 is 1.56 bits per heavy atom. The monoisotopic (exact) mass is 305 g/mol. The van der Waals surface area contributed by atoms with Gasteiger partial charge in [-0.3, -0.25) is 9.89 Å². The van der Waals surface area contributed by atoms with Crippen molar-refractivity contribution in [1.82, 2.24) is 15.2 Å². The Morgan fingerprint density at radius 3 is 2.89 bits per heavy atom. The minimum Gasteiger partial charge on any atom is -0.318 e. The van der Waals surface area contributed by atoms with E-state index in [2.05, 4.69) is 36.4 Å². The Balaban J connectivity index is 2.20. The summed E-state index contributed by atoms with van der Waals surface area (Å²) >= 11 is 3.28. The lowest BCUT2D eigenvalue weighted by atomic mass is 10.2. The van der Waals surface area contributed by atoms with Gasteiger partial charge in [0.2, 0.25) is 5.82 Å². The van der Waals surface area contributed by atoms with Crippen LogP contribution in [0.3, 0.4) is 0 Å². The summed E-state index contributed by atoms with van der Waals surface area (Å²) in [4.78, 5) is 15.7. The van der Waals surface area contributed by atoms with E-state index in [-0.39, 0.29) is 5.82 Å². The lowest BCUT2D eigenvalue weighted by Gasteiger charge is -2.05. The normalized spacial score (nSPS) is 9.83. The molecule has 1 heterocycles. The number of benzene rings is 1. The molecule has 0 saturated heterocycles. The second kappa shape index (κ2) is 4.98. The molecule has 7 heteroatoms. The standard InChI is InChI=1S/C11H8BrN5O/c1-6-14-10(17-16-6)11(18)15-9-3-2-7(5-13)4-8(9)12/h2-4H,1H3,(H,15,18)(H,14,16,17). The third-order valence-corrected chi connectivity index (χ3v) is 2.80. The van der Waals surface area contributed by atoms with Crippen LogP contribution in [0.1, 0.15) is 22.0 Å². The van der Waals surface area contributed by atoms with Crippen molar-refractivity contribution >= 4 is 27.5 Å². The van der Waals surface area contributed by atoms with Crippen molar-refractivity contribution in [3.8, 4) is 6.07 Å². The fraction of sp³-hybridized carbons (Fsp3) is 0.0909. The molecule has 0 bridgehead atoms. The highest BCUT2D eigenvalue weighted by atomic mass is 79.9. The maximum Gasteiger partial charge on any atom is 0.295 e. The van der Waals surface area contributed by atoms with Gasteiger partial charge in [0.15, 0.2) is 0 Å². The highest BCUT2D eigenvalue weighted by Crippen LogP contribution is 2.23. The Morgan fingerprint density at radius 2 is 2.33 bits per heavy atom. The Kier molecular flexibility index (Phi) is 3.39. The average Bonchev–Trinajstić information content (AvgIpc) is 2.78. The van der Waals surface area contributed by atoms with Crippen molar-refractivity contribution in [1.29, 1.82) is 5.26 Å². The molecule has 90 valence electrons. The number of nitriles is 1. The topological polar surface area (TPSA) is 94.5 Å². The number of carbonyl (C=O) groups is 1. The molecule has 18 heavy (non-hydrogen) atoms. The van der Waals surface area contributed by atoms with Crippen LogP contribution in [0, 0.1) is 18.3 Å². The van der Waals surface area contributed by atoms with E-state index in [1.165, 1.54) is 0 Å². The van der Waals surface area contributed by atoms with Crippen molar-refractivity contribution in [2.24, 2.45) is 0 Å². The van der Waals surface area contributed by atoms with E-state index in [1.807, 2.05) is 6.07 Å². The van der Waals surface area contributed by atoms with Gasteiger partial charge in [0, 0.05) is 4.47 Å². The van der Waals surface area contributed by atoms with Crippen LogP contribution in [0.15, 0.2) is 22.7 Å². The SMILES string of the molecule is Cc1nc(C(=O)Nc2ccc(C#N)cc2Br)n[nH]1. The third kappa shape index (κ3) is 2.55. The number of rotatable bonds is 2. The zero-order valence-electron chi connectivity index (χ0n) is 9.36. The number of nitrogens with one attached hydrogen (secondary N) is 2. The number of carbonyl (C=O) groups excluding carboxylic acids is 1. The lowest BCUT2D eigenvalue weighted by Crippen LogP contribution is -2.14. The van der Waals surface area contributed by atoms with E-state index in [4.69, 9.17) is 5.26 Å². The largest absolute Gasteiger partial charge is 0.318 e. The van der Waals surface area contributed by atoms with Gasteiger partial charge in [-0.2, -0.15) is 5.26 Å². The van der Waals surface area contributed by atoms with Gasteiger partial charge in [0.05, 0.1) is 17.3 Å². The Labute approximate surface area is 111 Å². The number of amides is 1. The number of hydrogen-bond donors (Lipinski definition) is 2. The second-order valence-corrected chi connectivity index (χ2v) is 4.36. The zero-order chi connectivity index (χ0) is 13.1. The molecule has 1 aromatic carbocycles. The number of halogens is 1. The molecule has 2 N–H and O–H groups in total. The highest BCUT2D eigenvalue weighted by molar-refractivity contribution is 9.10. The molecule has 2 aromatic rings. The summed E-state index contributed by atoms with van der Waals surface area (Å²) in [6, 6.07) is 6.89. The highest BCUT2D eigenvalue weighted by Gasteiger charge is 2.12. The van der Waals surface area contributed by atoms with Gasteiger partial charge in [-0.05, 0) is 41.1 Å². The molecule has 0 saturated carbocycles. The van der Waals surface area contributed by atoms with Gasteiger partial charge in [0.25, 0.3) is 5.91 Å². The van der Waals surface area contributed by atoms with Gasteiger partial charge in [-0.1, -0.05) is 0 Å². The predicted octanol–water partition coefficient (Wildman–Crippen LogP) is 2.00. The summed E-state index contributed by atoms with van der Waals surface area (Å²) in [5.74, 6) is 0.229. The molecular weight excluding hydrogens is 298 g/mol. The molecular formula is C11H8BrN5O. The molecule has 2 rings (SSSR count). The van der Waals surface area contributed by atoms with Crippen LogP contribution in [0.2, 0.25) is 0 Å². The molecule has 1 aromatic heterocycles. The maximum atomic E-state index is 11.8. The van der Waals surface area contributed by atoms with Crippen LogP contribution in [0.5, 0.6) is 0 Å². The van der Waals surface area contributed by atoms with Gasteiger partial charge >= 0.3 is 0 Å². The van der Waals surface area contributed by atoms with Crippen LogP contribution in [0.4, 0.5) is 5.69 Å². The van der Waals surface area contributed by atoms with Gasteiger partial charge < -0.3 is 5.32 Å². The number of H-pyrrole nitrogens is 1. The number of nitrogens with zero attached hydrogens (tertiary/aromatic N) is 3. The summed E-state index contributed by atoms with van der Waals surface area (Å²) < 4.78 is 0.627. The Hall–Kier alpha value is -2.20. The summed E-state index contributed by atoms with van der Waals surface area (Å²) in [6.45, 7) is 1.71. The lowest BCUT2D eigenvalue weighted by molar-refractivity contribution is 0.101. The first kappa shape index (κ1) is 12.3. The van der Waals surface area contributed by atoms with Crippen LogP contribution in [-0.4, -0.2) is 21.1 Å². The summed E-state index contributed by atoms with van der Waals surface area (Å²) in [6.07, 6.45) is 0. The second-order valence-electron chi connectivity index (χ2n) is 3.50. The Bertz CT molecular complexity index is 643. The van der Waals surface area contributed by atoms with Gasteiger partial charge in [-0.25, -0.2) is 4.98 Å². The first-order chi connectivity index (χ1) is 8.60. The molecule has 0 radical (unpaired) electrons. The van der Waals surface area contributed by atoms with Crippen molar-refractivity contribution in [3.63, 3.8) is 0 Å². The van der Waals surface area contributed by atoms with Crippen LogP contribution >= 0.6 is 15.9 Å². The van der Waals surface area contributed by atoms with E-state index < -0.39 is 5.91 Å². The minimum absolute atomic E-state index is 0.0729. The fourth-order valence-electron chi connectivity index (χ4n) is 1.31. The zero-order valence-corrected chi connectivity index (χ0v) is 10.9. The molecule has 0 aliphatic carbocycles. The molecule has 1 amide bonds. The summed E-state index contributed by atoms with van der Waals surface area (Å²) in [5, 5.41) is 17.7. The van der Waals surface area contributed by atoms with E-state index in [9.17, 15) is 4.79 Å². The summed E-state index contributed by atoms with van der Waals surface area (Å²) in [5.41, 5.74) is 1.06. The molecule has 0 aliphatic rings. The fourth-order valence-corrected chi connectivity index (χ4v) is 1.79. The van der Waals surface area contributed by atoms with Crippen LogP contribution in [-0.2, 0) is 0 Å². The first-order valence-corrected chi connectivity index (χ1v) is 5.79. The molecule has 0 atom stereocenters. The molecule has 0 unspecified atom stereocenters. The molecule has 0 spiro atoms. The van der Waals surface area contributed by atoms with Gasteiger partial charge in [0.1, 0.15) is 5.82 Å². The quantitative estimate of drug-likeness (QED) is 0.887. The average molecular weight is 306 g/mol. The number of aromatic amines is 1. The van der Waals surface area contributed by atoms with E-state index in [0.29, 0.717) is 21.5 Å². The number of anilines is 1. The molecule has 0 aliphatic heterocycles. The number of aromatic nitrogens is 3. The van der Waals surface area contributed by atoms with E-state index in [1.54, 1.807) is 25.1 Å². The van der Waals surface area contributed by atoms with Crippen molar-refractivity contribution in [2.45, 2.75) is 6.92 Å². The minimum atomic E-state index is -0.412. The van der Waals surface area contributed by atoms with Crippen molar-refractivity contribution in [2.75, 3.05) is 5.32 Å². The van der Waals surface area contributed by atoms with Crippen LogP contribution < -0.4 is 5.32 Å². The molecule has 0 fully saturated rings. The van der Waals surface area contributed by atoms with Crippen molar-refractivity contribution in [3.05, 3.63) is 39.9 Å². The van der Waals surface area contributed by atoms with Crippen LogP contribution in [0.25, 0.3) is 0 Å². The molecule has 6 nitrogen and oxygen atoms in total. The van der Waals surface area contributed by atoms with Crippen molar-refractivity contribution < 1.29 is 4.79 Å². The third-order valence-electron chi connectivity index (χ3n) is 2.15. The number of hydrogen-bond acceptors (Lipinski definition) is 4. The van der Waals surface area contributed by atoms with E-state index >= 15 is 0 Å². The van der Waals surface area contributed by atoms with E-state index in [0.717, 1.165) is 0 Å².